The van der Waals surface area contributed by atoms with Crippen LogP contribution in [0.4, 0.5) is 5.69 Å². The Labute approximate surface area is 129 Å². The molecule has 1 N–H and O–H groups in total. The van der Waals surface area contributed by atoms with E-state index in [0.717, 1.165) is 13.1 Å². The molecule has 114 valence electrons. The van der Waals surface area contributed by atoms with Crippen LogP contribution in [0.2, 0.25) is 0 Å². The van der Waals surface area contributed by atoms with Crippen LogP contribution in [0.15, 0.2) is 42.5 Å². The first-order chi connectivity index (χ1) is 10.2. The van der Waals surface area contributed by atoms with Crippen LogP contribution in [0.1, 0.15) is 33.6 Å². The fourth-order valence-corrected chi connectivity index (χ4v) is 2.80. The van der Waals surface area contributed by atoms with Gasteiger partial charge in [-0.25, -0.2) is 0 Å². The average Bonchev–Trinajstić information content (AvgIpc) is 2.51. The molecule has 2 aromatic carbocycles. The lowest BCUT2D eigenvalue weighted by atomic mass is 10.1. The highest BCUT2D eigenvalue weighted by molar-refractivity contribution is 5.85. The summed E-state index contributed by atoms with van der Waals surface area (Å²) in [5.41, 5.74) is 1.23. The van der Waals surface area contributed by atoms with Gasteiger partial charge in [0.05, 0.1) is 0 Å². The predicted octanol–water partition coefficient (Wildman–Crippen LogP) is 4.76. The molecule has 0 aromatic heterocycles. The van der Waals surface area contributed by atoms with Gasteiger partial charge in [0.2, 0.25) is 0 Å². The molecule has 0 heterocycles. The first-order valence-corrected chi connectivity index (χ1v) is 8.20. The Morgan fingerprint density at radius 2 is 1.71 bits per heavy atom. The van der Waals surface area contributed by atoms with Crippen molar-refractivity contribution in [1.29, 1.82) is 0 Å². The number of nitrogens with zero attached hydrogens (tertiary/aromatic N) is 1. The Balaban J connectivity index is 1.85. The molecule has 0 fully saturated rings. The summed E-state index contributed by atoms with van der Waals surface area (Å²) in [6.07, 6.45) is 2.47. The van der Waals surface area contributed by atoms with Crippen LogP contribution in [0, 0.1) is 0 Å². The van der Waals surface area contributed by atoms with Crippen molar-refractivity contribution in [3.05, 3.63) is 42.5 Å². The molecule has 2 aromatic rings. The van der Waals surface area contributed by atoms with Crippen LogP contribution in [-0.2, 0) is 0 Å². The van der Waals surface area contributed by atoms with Crippen molar-refractivity contribution in [2.45, 2.75) is 39.7 Å². The molecule has 0 amide bonds. The number of hydrogen-bond donors (Lipinski definition) is 1. The summed E-state index contributed by atoms with van der Waals surface area (Å²) in [4.78, 5) is 2.49. The second kappa shape index (κ2) is 8.04. The zero-order valence-electron chi connectivity index (χ0n) is 13.6. The summed E-state index contributed by atoms with van der Waals surface area (Å²) in [6, 6.07) is 15.7. The van der Waals surface area contributed by atoms with Gasteiger partial charge >= 0.3 is 0 Å². The molecule has 2 nitrogen and oxygen atoms in total. The van der Waals surface area contributed by atoms with Gasteiger partial charge in [0.25, 0.3) is 0 Å². The van der Waals surface area contributed by atoms with Crippen LogP contribution in [0.5, 0.6) is 0 Å². The standard InChI is InChI=1S/C19H28N2/c1-4-21(5-2)14-8-9-16(3)20-19-13-12-17-10-6-7-11-18(17)15-19/h6-7,10-13,15-16,20H,4-5,8-9,14H2,1-3H3. The molecular formula is C19H28N2. The second-order valence-corrected chi connectivity index (χ2v) is 5.78. The van der Waals surface area contributed by atoms with E-state index in [1.54, 1.807) is 0 Å². The number of fused-ring (bicyclic) bond motifs is 1. The lowest BCUT2D eigenvalue weighted by molar-refractivity contribution is 0.295. The molecule has 0 aliphatic rings. The quantitative estimate of drug-likeness (QED) is 0.751. The van der Waals surface area contributed by atoms with Crippen molar-refractivity contribution < 1.29 is 0 Å². The third kappa shape index (κ3) is 4.75. The molecule has 0 saturated heterocycles. The van der Waals surface area contributed by atoms with E-state index >= 15 is 0 Å². The van der Waals surface area contributed by atoms with Gasteiger partial charge in [-0.15, -0.1) is 0 Å². The lowest BCUT2D eigenvalue weighted by Crippen LogP contribution is -2.25. The molecule has 1 atom stereocenters. The maximum absolute atomic E-state index is 3.63. The highest BCUT2D eigenvalue weighted by Crippen LogP contribution is 2.20. The Morgan fingerprint density at radius 3 is 2.43 bits per heavy atom. The number of nitrogens with one attached hydrogen (secondary N) is 1. The fourth-order valence-electron chi connectivity index (χ4n) is 2.80. The number of anilines is 1. The number of rotatable bonds is 8. The smallest absolute Gasteiger partial charge is 0.0348 e. The van der Waals surface area contributed by atoms with Crippen molar-refractivity contribution in [3.8, 4) is 0 Å². The van der Waals surface area contributed by atoms with Gasteiger partial charge < -0.3 is 10.2 Å². The van der Waals surface area contributed by atoms with E-state index in [0.29, 0.717) is 6.04 Å². The van der Waals surface area contributed by atoms with Crippen molar-refractivity contribution in [2.24, 2.45) is 0 Å². The molecule has 2 rings (SSSR count). The average molecular weight is 284 g/mol. The molecule has 0 radical (unpaired) electrons. The molecule has 0 bridgehead atoms. The van der Waals surface area contributed by atoms with Crippen LogP contribution >= 0.6 is 0 Å². The van der Waals surface area contributed by atoms with Gasteiger partial charge in [-0.1, -0.05) is 44.2 Å². The highest BCUT2D eigenvalue weighted by Gasteiger charge is 2.04. The maximum atomic E-state index is 3.63. The van der Waals surface area contributed by atoms with Gasteiger partial charge in [0, 0.05) is 11.7 Å². The van der Waals surface area contributed by atoms with Gasteiger partial charge in [0.1, 0.15) is 0 Å². The van der Waals surface area contributed by atoms with Crippen molar-refractivity contribution in [2.75, 3.05) is 25.0 Å². The Hall–Kier alpha value is -1.54. The van der Waals surface area contributed by atoms with Gasteiger partial charge in [-0.05, 0) is 62.3 Å². The van der Waals surface area contributed by atoms with Crippen molar-refractivity contribution in [3.63, 3.8) is 0 Å². The lowest BCUT2D eigenvalue weighted by Gasteiger charge is -2.20. The zero-order valence-corrected chi connectivity index (χ0v) is 13.6. The molecule has 0 aliphatic carbocycles. The monoisotopic (exact) mass is 284 g/mol. The number of hydrogen-bond acceptors (Lipinski definition) is 2. The first kappa shape index (κ1) is 15.8. The summed E-state index contributed by atoms with van der Waals surface area (Å²) in [5.74, 6) is 0. The number of benzene rings is 2. The zero-order chi connectivity index (χ0) is 15.1. The van der Waals surface area contributed by atoms with Crippen LogP contribution in [-0.4, -0.2) is 30.6 Å². The molecule has 2 heteroatoms. The van der Waals surface area contributed by atoms with E-state index in [1.807, 2.05) is 0 Å². The molecule has 1 unspecified atom stereocenters. The predicted molar refractivity (Wildman–Crippen MR) is 94.1 cm³/mol. The van der Waals surface area contributed by atoms with Crippen molar-refractivity contribution in [1.82, 2.24) is 4.90 Å². The third-order valence-electron chi connectivity index (χ3n) is 4.17. The van der Waals surface area contributed by atoms with E-state index < -0.39 is 0 Å². The maximum Gasteiger partial charge on any atom is 0.0348 e. The fraction of sp³-hybridized carbons (Fsp3) is 0.474. The molecular weight excluding hydrogens is 256 g/mol. The Morgan fingerprint density at radius 1 is 1.00 bits per heavy atom. The summed E-state index contributed by atoms with van der Waals surface area (Å²) in [5, 5.41) is 6.23. The van der Waals surface area contributed by atoms with Crippen molar-refractivity contribution >= 4 is 16.5 Å². The van der Waals surface area contributed by atoms with E-state index in [9.17, 15) is 0 Å². The van der Waals surface area contributed by atoms with Crippen LogP contribution in [0.3, 0.4) is 0 Å². The summed E-state index contributed by atoms with van der Waals surface area (Å²) in [7, 11) is 0. The van der Waals surface area contributed by atoms with Crippen LogP contribution < -0.4 is 5.32 Å². The minimum absolute atomic E-state index is 0.515. The largest absolute Gasteiger partial charge is 0.383 e. The first-order valence-electron chi connectivity index (χ1n) is 8.20. The summed E-state index contributed by atoms with van der Waals surface area (Å²) >= 11 is 0. The molecule has 21 heavy (non-hydrogen) atoms. The van der Waals surface area contributed by atoms with Gasteiger partial charge in [-0.2, -0.15) is 0 Å². The van der Waals surface area contributed by atoms with Gasteiger partial charge in [0.15, 0.2) is 0 Å². The van der Waals surface area contributed by atoms with Gasteiger partial charge in [-0.3, -0.25) is 0 Å². The molecule has 0 spiro atoms. The molecule has 0 aliphatic heterocycles. The van der Waals surface area contributed by atoms with E-state index in [2.05, 4.69) is 73.5 Å². The minimum atomic E-state index is 0.515. The Kier molecular flexibility index (Phi) is 6.06. The summed E-state index contributed by atoms with van der Waals surface area (Å²) < 4.78 is 0. The molecule has 0 saturated carbocycles. The van der Waals surface area contributed by atoms with E-state index in [1.165, 1.54) is 35.8 Å². The third-order valence-corrected chi connectivity index (χ3v) is 4.17. The topological polar surface area (TPSA) is 15.3 Å². The minimum Gasteiger partial charge on any atom is -0.383 e. The van der Waals surface area contributed by atoms with E-state index in [4.69, 9.17) is 0 Å². The van der Waals surface area contributed by atoms with Crippen LogP contribution in [0.25, 0.3) is 10.8 Å². The Bertz CT molecular complexity index is 546. The SMILES string of the molecule is CCN(CC)CCCC(C)Nc1ccc2ccccc2c1. The van der Waals surface area contributed by atoms with E-state index in [-0.39, 0.29) is 0 Å². The normalized spacial score (nSPS) is 12.8. The summed E-state index contributed by atoms with van der Waals surface area (Å²) in [6.45, 7) is 10.3. The highest BCUT2D eigenvalue weighted by atomic mass is 15.1. The second-order valence-electron chi connectivity index (χ2n) is 5.78.